The second-order valence-electron chi connectivity index (χ2n) is 8.83. The number of hydrogen-bond donors (Lipinski definition) is 3. The molecule has 3 heterocycles. The van der Waals surface area contributed by atoms with Gasteiger partial charge in [0, 0.05) is 22.9 Å². The summed E-state index contributed by atoms with van der Waals surface area (Å²) in [7, 11) is 0. The lowest BCUT2D eigenvalue weighted by Crippen LogP contribution is -2.49. The van der Waals surface area contributed by atoms with E-state index in [0.717, 1.165) is 71.2 Å². The summed E-state index contributed by atoms with van der Waals surface area (Å²) in [6, 6.07) is 11.7. The van der Waals surface area contributed by atoms with Gasteiger partial charge in [-0.05, 0) is 92.1 Å². The van der Waals surface area contributed by atoms with Crippen molar-refractivity contribution < 1.29 is 8.81 Å². The van der Waals surface area contributed by atoms with E-state index in [4.69, 9.17) is 4.42 Å². The van der Waals surface area contributed by atoms with E-state index in [1.54, 1.807) is 12.3 Å². The highest BCUT2D eigenvalue weighted by Gasteiger charge is 2.39. The molecule has 3 aromatic rings. The van der Waals surface area contributed by atoms with Crippen molar-refractivity contribution in [2.24, 2.45) is 5.92 Å². The highest BCUT2D eigenvalue weighted by Crippen LogP contribution is 2.35. The molecule has 0 spiro atoms. The molecule has 0 radical (unpaired) electrons. The largest absolute Gasteiger partial charge is 0.464 e. The van der Waals surface area contributed by atoms with Gasteiger partial charge in [-0.2, -0.15) is 0 Å². The smallest absolute Gasteiger partial charge is 0.137 e. The Bertz CT molecular complexity index is 1050. The quantitative estimate of drug-likeness (QED) is 0.466. The average molecular weight is 486 g/mol. The molecule has 0 atom stereocenters. The fourth-order valence-electron chi connectivity index (χ4n) is 5.35. The van der Waals surface area contributed by atoms with E-state index in [1.807, 2.05) is 12.1 Å². The summed E-state index contributed by atoms with van der Waals surface area (Å²) in [5, 5.41) is 11.9. The zero-order valence-electron chi connectivity index (χ0n) is 17.6. The Balaban J connectivity index is 1.46. The standard InChI is InChI=1S/C25H29BrFN3O/c26-20-14-18(24-19(15-20)8-13-31-24)4-5-21-22(2-1-3-23(21)27)25(29-11-12-30-25)16-17-6-9-28-10-7-17/h1-3,8,13-15,17,28-30H,4-7,9-12,16H2. The summed E-state index contributed by atoms with van der Waals surface area (Å²) < 4.78 is 21.9. The first-order valence-electron chi connectivity index (χ1n) is 11.3. The molecule has 1 aromatic heterocycles. The first-order valence-corrected chi connectivity index (χ1v) is 12.1. The molecular formula is C25H29BrFN3O. The fourth-order valence-corrected chi connectivity index (χ4v) is 5.87. The van der Waals surface area contributed by atoms with Crippen LogP contribution in [0, 0.1) is 11.7 Å². The van der Waals surface area contributed by atoms with Crippen LogP contribution in [0.1, 0.15) is 36.0 Å². The summed E-state index contributed by atoms with van der Waals surface area (Å²) in [5.41, 5.74) is 3.51. The normalized spacial score (nSPS) is 19.3. The number of rotatable bonds is 6. The van der Waals surface area contributed by atoms with Crippen molar-refractivity contribution in [2.45, 2.75) is 37.8 Å². The molecule has 31 heavy (non-hydrogen) atoms. The number of piperidine rings is 1. The van der Waals surface area contributed by atoms with E-state index < -0.39 is 0 Å². The molecule has 0 saturated carbocycles. The fraction of sp³-hybridized carbons (Fsp3) is 0.440. The van der Waals surface area contributed by atoms with Crippen LogP contribution in [-0.2, 0) is 18.5 Å². The van der Waals surface area contributed by atoms with Crippen LogP contribution in [0.3, 0.4) is 0 Å². The van der Waals surface area contributed by atoms with E-state index in [-0.39, 0.29) is 11.5 Å². The second kappa shape index (κ2) is 9.02. The molecule has 6 heteroatoms. The maximum absolute atomic E-state index is 15.2. The number of halogens is 2. The Kier molecular flexibility index (Phi) is 6.15. The molecule has 2 aromatic carbocycles. The lowest BCUT2D eigenvalue weighted by molar-refractivity contribution is 0.222. The van der Waals surface area contributed by atoms with Crippen molar-refractivity contribution in [3.05, 3.63) is 69.6 Å². The van der Waals surface area contributed by atoms with Gasteiger partial charge in [0.1, 0.15) is 11.4 Å². The molecule has 0 bridgehead atoms. The predicted octanol–water partition coefficient (Wildman–Crippen LogP) is 4.85. The molecule has 2 aliphatic heterocycles. The van der Waals surface area contributed by atoms with Gasteiger partial charge in [-0.3, -0.25) is 10.6 Å². The first kappa shape index (κ1) is 21.1. The maximum Gasteiger partial charge on any atom is 0.137 e. The van der Waals surface area contributed by atoms with Gasteiger partial charge in [0.15, 0.2) is 0 Å². The van der Waals surface area contributed by atoms with E-state index in [1.165, 1.54) is 12.8 Å². The molecule has 5 rings (SSSR count). The van der Waals surface area contributed by atoms with Crippen LogP contribution < -0.4 is 16.0 Å². The average Bonchev–Trinajstić information content (AvgIpc) is 3.43. The van der Waals surface area contributed by atoms with E-state index in [0.29, 0.717) is 12.3 Å². The monoisotopic (exact) mass is 485 g/mol. The number of furan rings is 1. The van der Waals surface area contributed by atoms with Crippen LogP contribution in [0.2, 0.25) is 0 Å². The number of hydrogen-bond acceptors (Lipinski definition) is 4. The number of nitrogens with one attached hydrogen (secondary N) is 3. The zero-order chi connectivity index (χ0) is 21.3. The molecule has 4 nitrogen and oxygen atoms in total. The zero-order valence-corrected chi connectivity index (χ0v) is 19.2. The highest BCUT2D eigenvalue weighted by atomic mass is 79.9. The summed E-state index contributed by atoms with van der Waals surface area (Å²) >= 11 is 3.60. The molecule has 2 fully saturated rings. The number of fused-ring (bicyclic) bond motifs is 1. The van der Waals surface area contributed by atoms with E-state index in [2.05, 4.69) is 50.1 Å². The highest BCUT2D eigenvalue weighted by molar-refractivity contribution is 9.10. The van der Waals surface area contributed by atoms with Crippen molar-refractivity contribution in [1.29, 1.82) is 0 Å². The van der Waals surface area contributed by atoms with Gasteiger partial charge in [0.2, 0.25) is 0 Å². The third-order valence-electron chi connectivity index (χ3n) is 6.85. The Morgan fingerprint density at radius 3 is 2.65 bits per heavy atom. The molecule has 164 valence electrons. The van der Waals surface area contributed by atoms with Gasteiger partial charge in [-0.25, -0.2) is 4.39 Å². The van der Waals surface area contributed by atoms with Crippen LogP contribution in [-0.4, -0.2) is 26.2 Å². The minimum Gasteiger partial charge on any atom is -0.464 e. The summed E-state index contributed by atoms with van der Waals surface area (Å²) in [6.07, 6.45) is 6.40. The van der Waals surface area contributed by atoms with Crippen molar-refractivity contribution in [3.63, 3.8) is 0 Å². The summed E-state index contributed by atoms with van der Waals surface area (Å²) in [5.74, 6) is 0.506. The maximum atomic E-state index is 15.2. The minimum absolute atomic E-state index is 0.122. The molecular weight excluding hydrogens is 457 g/mol. The van der Waals surface area contributed by atoms with Crippen LogP contribution in [0.15, 0.2) is 51.6 Å². The van der Waals surface area contributed by atoms with Crippen molar-refractivity contribution in [2.75, 3.05) is 26.2 Å². The van der Waals surface area contributed by atoms with Crippen LogP contribution >= 0.6 is 15.9 Å². The van der Waals surface area contributed by atoms with Gasteiger partial charge in [-0.1, -0.05) is 28.1 Å². The third-order valence-corrected chi connectivity index (χ3v) is 7.31. The number of aryl methyl sites for hydroxylation is 1. The number of benzene rings is 2. The minimum atomic E-state index is -0.350. The SMILES string of the molecule is Fc1cccc(C2(CC3CCNCC3)NCCN2)c1CCc1cc(Br)cc2ccoc12. The van der Waals surface area contributed by atoms with Crippen LogP contribution in [0.25, 0.3) is 11.0 Å². The molecule has 0 aliphatic carbocycles. The van der Waals surface area contributed by atoms with Crippen molar-refractivity contribution >= 4 is 26.9 Å². The predicted molar refractivity (Wildman–Crippen MR) is 126 cm³/mol. The Labute approximate surface area is 191 Å². The van der Waals surface area contributed by atoms with Crippen LogP contribution in [0.4, 0.5) is 4.39 Å². The first-order chi connectivity index (χ1) is 15.1. The van der Waals surface area contributed by atoms with Gasteiger partial charge < -0.3 is 9.73 Å². The molecule has 2 aliphatic rings. The van der Waals surface area contributed by atoms with Gasteiger partial charge in [-0.15, -0.1) is 0 Å². The Morgan fingerprint density at radius 2 is 1.84 bits per heavy atom. The molecule has 0 unspecified atom stereocenters. The molecule has 0 amide bonds. The van der Waals surface area contributed by atoms with Crippen LogP contribution in [0.5, 0.6) is 0 Å². The Hall–Kier alpha value is -1.73. The molecule has 3 N–H and O–H groups in total. The lowest BCUT2D eigenvalue weighted by Gasteiger charge is -2.37. The Morgan fingerprint density at radius 1 is 1.03 bits per heavy atom. The summed E-state index contributed by atoms with van der Waals surface area (Å²) in [4.78, 5) is 0. The second-order valence-corrected chi connectivity index (χ2v) is 9.74. The topological polar surface area (TPSA) is 49.2 Å². The lowest BCUT2D eigenvalue weighted by atomic mass is 9.81. The van der Waals surface area contributed by atoms with Gasteiger partial charge in [0.25, 0.3) is 0 Å². The van der Waals surface area contributed by atoms with Crippen molar-refractivity contribution in [1.82, 2.24) is 16.0 Å². The third kappa shape index (κ3) is 4.31. The van der Waals surface area contributed by atoms with E-state index in [9.17, 15) is 0 Å². The van der Waals surface area contributed by atoms with E-state index >= 15 is 4.39 Å². The summed E-state index contributed by atoms with van der Waals surface area (Å²) in [6.45, 7) is 3.94. The molecule has 2 saturated heterocycles. The van der Waals surface area contributed by atoms with Gasteiger partial charge in [0.05, 0.1) is 11.9 Å². The van der Waals surface area contributed by atoms with Crippen molar-refractivity contribution in [3.8, 4) is 0 Å². The van der Waals surface area contributed by atoms with Gasteiger partial charge >= 0.3 is 0 Å².